The Morgan fingerprint density at radius 2 is 1.95 bits per heavy atom. The zero-order valence-electron chi connectivity index (χ0n) is 12.5. The Morgan fingerprint density at radius 3 is 2.48 bits per heavy atom. The highest BCUT2D eigenvalue weighted by atomic mass is 19.1. The molecule has 2 N–H and O–H groups in total. The molecule has 0 spiro atoms. The fraction of sp³-hybridized carbons (Fsp3) is 0.467. The number of rotatable bonds is 7. The van der Waals surface area contributed by atoms with E-state index in [2.05, 4.69) is 5.32 Å². The Hall–Kier alpha value is -1.95. The fourth-order valence-electron chi connectivity index (χ4n) is 2.00. The van der Waals surface area contributed by atoms with Gasteiger partial charge in [-0.15, -0.1) is 0 Å². The largest absolute Gasteiger partial charge is 0.478 e. The Balaban J connectivity index is 2.72. The molecule has 0 saturated carbocycles. The molecule has 0 saturated heterocycles. The number of aromatic carboxylic acids is 1. The minimum Gasteiger partial charge on any atom is -0.478 e. The zero-order valence-corrected chi connectivity index (χ0v) is 12.5. The number of nitrogens with zero attached hydrogens (tertiary/aromatic N) is 1. The Bertz CT molecular complexity index is 516. The molecule has 5 nitrogen and oxygen atoms in total. The molecule has 1 aromatic rings. The van der Waals surface area contributed by atoms with Crippen molar-refractivity contribution >= 4 is 11.9 Å². The maximum absolute atomic E-state index is 13.6. The summed E-state index contributed by atoms with van der Waals surface area (Å²) < 4.78 is 13.6. The van der Waals surface area contributed by atoms with Crippen molar-refractivity contribution in [1.29, 1.82) is 0 Å². The maximum Gasteiger partial charge on any atom is 0.335 e. The van der Waals surface area contributed by atoms with E-state index in [0.717, 1.165) is 6.07 Å². The third-order valence-corrected chi connectivity index (χ3v) is 3.34. The minimum absolute atomic E-state index is 0.0240. The van der Waals surface area contributed by atoms with Crippen molar-refractivity contribution in [3.63, 3.8) is 0 Å². The average Bonchev–Trinajstić information content (AvgIpc) is 2.46. The van der Waals surface area contributed by atoms with Crippen LogP contribution >= 0.6 is 0 Å². The molecular weight excluding hydrogens is 275 g/mol. The first-order valence-corrected chi connectivity index (χ1v) is 6.94. The highest BCUT2D eigenvalue weighted by Gasteiger charge is 2.18. The van der Waals surface area contributed by atoms with Crippen molar-refractivity contribution in [3.05, 3.63) is 35.1 Å². The summed E-state index contributed by atoms with van der Waals surface area (Å²) in [7, 11) is 0. The van der Waals surface area contributed by atoms with Crippen LogP contribution in [0.15, 0.2) is 18.2 Å². The molecule has 0 fully saturated rings. The molecule has 21 heavy (non-hydrogen) atoms. The van der Waals surface area contributed by atoms with E-state index in [1.807, 2.05) is 13.8 Å². The van der Waals surface area contributed by atoms with E-state index in [9.17, 15) is 14.0 Å². The first-order chi connectivity index (χ1) is 9.90. The lowest BCUT2D eigenvalue weighted by Gasteiger charge is -2.23. The van der Waals surface area contributed by atoms with Gasteiger partial charge in [-0.1, -0.05) is 0 Å². The highest BCUT2D eigenvalue weighted by Crippen LogP contribution is 2.11. The normalized spacial score (nSPS) is 12.0. The van der Waals surface area contributed by atoms with E-state index < -0.39 is 17.8 Å². The van der Waals surface area contributed by atoms with Gasteiger partial charge in [-0.2, -0.15) is 0 Å². The maximum atomic E-state index is 13.6. The van der Waals surface area contributed by atoms with Crippen LogP contribution in [0.5, 0.6) is 0 Å². The smallest absolute Gasteiger partial charge is 0.335 e. The summed E-state index contributed by atoms with van der Waals surface area (Å²) in [6.45, 7) is 6.82. The first-order valence-electron chi connectivity index (χ1n) is 6.94. The first kappa shape index (κ1) is 17.1. The summed E-state index contributed by atoms with van der Waals surface area (Å²) in [6, 6.07) is 3.15. The third-order valence-electron chi connectivity index (χ3n) is 3.34. The van der Waals surface area contributed by atoms with Crippen molar-refractivity contribution in [2.45, 2.75) is 33.4 Å². The van der Waals surface area contributed by atoms with Crippen LogP contribution in [-0.2, 0) is 11.3 Å². The lowest BCUT2D eigenvalue weighted by atomic mass is 10.1. The van der Waals surface area contributed by atoms with Gasteiger partial charge in [0, 0.05) is 25.2 Å². The minimum atomic E-state index is -1.11. The van der Waals surface area contributed by atoms with E-state index in [-0.39, 0.29) is 23.6 Å². The van der Waals surface area contributed by atoms with Crippen LogP contribution in [0.1, 0.15) is 36.7 Å². The molecule has 0 aliphatic carbocycles. The molecule has 0 bridgehead atoms. The quantitative estimate of drug-likeness (QED) is 0.806. The SMILES string of the molecule is CCN(CC)C(=O)C(C)NCc1cc(C(=O)O)ccc1F. The number of hydrogen-bond acceptors (Lipinski definition) is 3. The predicted molar refractivity (Wildman–Crippen MR) is 77.6 cm³/mol. The second-order valence-corrected chi connectivity index (χ2v) is 4.72. The molecule has 1 amide bonds. The molecule has 1 rings (SSSR count). The van der Waals surface area contributed by atoms with Gasteiger partial charge in [-0.3, -0.25) is 4.79 Å². The van der Waals surface area contributed by atoms with E-state index in [0.29, 0.717) is 13.1 Å². The van der Waals surface area contributed by atoms with Gasteiger partial charge in [0.05, 0.1) is 11.6 Å². The highest BCUT2D eigenvalue weighted by molar-refractivity contribution is 5.87. The summed E-state index contributed by atoms with van der Waals surface area (Å²) >= 11 is 0. The van der Waals surface area contributed by atoms with Crippen LogP contribution in [0.2, 0.25) is 0 Å². The summed E-state index contributed by atoms with van der Waals surface area (Å²) in [5, 5.41) is 11.8. The van der Waals surface area contributed by atoms with Gasteiger partial charge in [0.2, 0.25) is 5.91 Å². The molecule has 0 aliphatic heterocycles. The predicted octanol–water partition coefficient (Wildman–Crippen LogP) is 1.87. The van der Waals surface area contributed by atoms with Crippen molar-refractivity contribution in [2.75, 3.05) is 13.1 Å². The summed E-state index contributed by atoms with van der Waals surface area (Å²) in [5.41, 5.74) is 0.255. The Labute approximate surface area is 123 Å². The number of nitrogens with one attached hydrogen (secondary N) is 1. The molecule has 0 aliphatic rings. The average molecular weight is 296 g/mol. The monoisotopic (exact) mass is 296 g/mol. The van der Waals surface area contributed by atoms with Crippen molar-refractivity contribution in [2.24, 2.45) is 0 Å². The zero-order chi connectivity index (χ0) is 16.0. The lowest BCUT2D eigenvalue weighted by Crippen LogP contribution is -2.44. The number of carbonyl (C=O) groups is 2. The van der Waals surface area contributed by atoms with E-state index in [1.54, 1.807) is 11.8 Å². The number of halogens is 1. The van der Waals surface area contributed by atoms with Gasteiger partial charge >= 0.3 is 5.97 Å². The number of carboxylic acid groups (broad SMARTS) is 1. The molecule has 1 aromatic carbocycles. The molecule has 1 unspecified atom stereocenters. The number of hydrogen-bond donors (Lipinski definition) is 2. The standard InChI is InChI=1S/C15H21FN2O3/c1-4-18(5-2)14(19)10(3)17-9-12-8-11(15(20)21)6-7-13(12)16/h6-8,10,17H,4-5,9H2,1-3H3,(H,20,21). The molecular formula is C15H21FN2O3. The second kappa shape index (κ2) is 7.73. The van der Waals surface area contributed by atoms with Crippen LogP contribution in [-0.4, -0.2) is 41.0 Å². The van der Waals surface area contributed by atoms with E-state index in [1.165, 1.54) is 12.1 Å². The van der Waals surface area contributed by atoms with Crippen molar-refractivity contribution < 1.29 is 19.1 Å². The van der Waals surface area contributed by atoms with Gasteiger partial charge in [0.1, 0.15) is 5.82 Å². The van der Waals surface area contributed by atoms with Gasteiger partial charge < -0.3 is 15.3 Å². The van der Waals surface area contributed by atoms with E-state index in [4.69, 9.17) is 5.11 Å². The summed E-state index contributed by atoms with van der Waals surface area (Å²) in [5.74, 6) is -1.66. The van der Waals surface area contributed by atoms with Crippen LogP contribution in [0.4, 0.5) is 4.39 Å². The van der Waals surface area contributed by atoms with Gasteiger partial charge in [0.25, 0.3) is 0 Å². The van der Waals surface area contributed by atoms with Crippen molar-refractivity contribution in [1.82, 2.24) is 10.2 Å². The molecule has 0 heterocycles. The Kier molecular flexibility index (Phi) is 6.30. The summed E-state index contributed by atoms with van der Waals surface area (Å²) in [4.78, 5) is 24.6. The molecule has 0 radical (unpaired) electrons. The molecule has 6 heteroatoms. The topological polar surface area (TPSA) is 69.6 Å². The Morgan fingerprint density at radius 1 is 1.33 bits per heavy atom. The lowest BCUT2D eigenvalue weighted by molar-refractivity contribution is -0.132. The number of amides is 1. The number of likely N-dealkylation sites (N-methyl/N-ethyl adjacent to an activating group) is 1. The number of carboxylic acids is 1. The molecule has 116 valence electrons. The van der Waals surface area contributed by atoms with Crippen LogP contribution in [0.3, 0.4) is 0 Å². The van der Waals surface area contributed by atoms with Crippen LogP contribution < -0.4 is 5.32 Å². The van der Waals surface area contributed by atoms with Gasteiger partial charge in [-0.25, -0.2) is 9.18 Å². The van der Waals surface area contributed by atoms with Gasteiger partial charge in [0.15, 0.2) is 0 Å². The second-order valence-electron chi connectivity index (χ2n) is 4.72. The number of carbonyl (C=O) groups excluding carboxylic acids is 1. The van der Waals surface area contributed by atoms with Crippen LogP contribution in [0.25, 0.3) is 0 Å². The molecule has 0 aromatic heterocycles. The summed E-state index contributed by atoms with van der Waals surface area (Å²) in [6.07, 6.45) is 0. The fourth-order valence-corrected chi connectivity index (χ4v) is 2.00. The van der Waals surface area contributed by atoms with Gasteiger partial charge in [-0.05, 0) is 39.0 Å². The third kappa shape index (κ3) is 4.53. The van der Waals surface area contributed by atoms with E-state index >= 15 is 0 Å². The van der Waals surface area contributed by atoms with Crippen molar-refractivity contribution in [3.8, 4) is 0 Å². The number of benzene rings is 1. The van der Waals surface area contributed by atoms with Crippen LogP contribution in [0, 0.1) is 5.82 Å². The molecule has 1 atom stereocenters.